The Morgan fingerprint density at radius 3 is 2.60 bits per heavy atom. The van der Waals surface area contributed by atoms with Crippen LogP contribution in [0.3, 0.4) is 0 Å². The van der Waals surface area contributed by atoms with Gasteiger partial charge in [0.15, 0.2) is 5.16 Å². The standard InChI is InChI=1S/C19H15N3OS2/c23-18-13-5-1-2-6-14(13)21-19(22(18)12-9-10-12)24-11-17-20-15-7-3-4-8-16(15)25-17/h1-8,12H,9-11H2. The molecule has 4 aromatic rings. The largest absolute Gasteiger partial charge is 0.284 e. The zero-order chi connectivity index (χ0) is 16.8. The van der Waals surface area contributed by atoms with Gasteiger partial charge in [0, 0.05) is 6.04 Å². The van der Waals surface area contributed by atoms with Crippen molar-refractivity contribution >= 4 is 44.2 Å². The predicted octanol–water partition coefficient (Wildman–Crippen LogP) is 4.63. The molecule has 0 unspecified atom stereocenters. The van der Waals surface area contributed by atoms with E-state index in [1.807, 2.05) is 47.0 Å². The monoisotopic (exact) mass is 365 g/mol. The van der Waals surface area contributed by atoms with Gasteiger partial charge in [-0.1, -0.05) is 36.0 Å². The van der Waals surface area contributed by atoms with Crippen LogP contribution < -0.4 is 5.56 Å². The lowest BCUT2D eigenvalue weighted by atomic mass is 10.2. The van der Waals surface area contributed by atoms with Gasteiger partial charge in [-0.25, -0.2) is 9.97 Å². The van der Waals surface area contributed by atoms with E-state index in [1.165, 1.54) is 4.70 Å². The van der Waals surface area contributed by atoms with Gasteiger partial charge >= 0.3 is 0 Å². The van der Waals surface area contributed by atoms with E-state index in [4.69, 9.17) is 4.98 Å². The molecule has 1 saturated carbocycles. The number of para-hydroxylation sites is 2. The summed E-state index contributed by atoms with van der Waals surface area (Å²) >= 11 is 3.32. The number of aromatic nitrogens is 3. The molecule has 0 spiro atoms. The third kappa shape index (κ3) is 2.75. The molecule has 124 valence electrons. The summed E-state index contributed by atoms with van der Waals surface area (Å²) in [5, 5.41) is 2.58. The van der Waals surface area contributed by atoms with Crippen molar-refractivity contribution in [2.45, 2.75) is 29.8 Å². The first-order valence-electron chi connectivity index (χ1n) is 8.28. The van der Waals surface area contributed by atoms with Crippen molar-refractivity contribution in [2.24, 2.45) is 0 Å². The van der Waals surface area contributed by atoms with Gasteiger partial charge in [-0.2, -0.15) is 0 Å². The smallest absolute Gasteiger partial charge is 0.262 e. The number of thioether (sulfide) groups is 1. The molecule has 0 amide bonds. The summed E-state index contributed by atoms with van der Waals surface area (Å²) in [6.45, 7) is 0. The third-order valence-corrected chi connectivity index (χ3v) is 6.53. The topological polar surface area (TPSA) is 47.8 Å². The maximum Gasteiger partial charge on any atom is 0.262 e. The molecular weight excluding hydrogens is 350 g/mol. The summed E-state index contributed by atoms with van der Waals surface area (Å²) in [5.74, 6) is 0.733. The first kappa shape index (κ1) is 15.1. The van der Waals surface area contributed by atoms with Gasteiger partial charge in [-0.05, 0) is 37.1 Å². The molecule has 4 nitrogen and oxygen atoms in total. The molecule has 0 radical (unpaired) electrons. The van der Waals surface area contributed by atoms with Gasteiger partial charge in [0.1, 0.15) is 5.01 Å². The molecule has 1 aliphatic rings. The summed E-state index contributed by atoms with van der Waals surface area (Å²) in [6.07, 6.45) is 2.13. The number of nitrogens with zero attached hydrogens (tertiary/aromatic N) is 3. The van der Waals surface area contributed by atoms with Crippen LogP contribution in [0, 0.1) is 0 Å². The van der Waals surface area contributed by atoms with Crippen molar-refractivity contribution < 1.29 is 0 Å². The molecule has 6 heteroatoms. The second-order valence-corrected chi connectivity index (χ2v) is 8.24. The Labute approximate surface area is 152 Å². The van der Waals surface area contributed by atoms with Crippen LogP contribution in [0.15, 0.2) is 58.5 Å². The molecule has 5 rings (SSSR count). The zero-order valence-electron chi connectivity index (χ0n) is 13.4. The van der Waals surface area contributed by atoms with Crippen molar-refractivity contribution in [3.05, 3.63) is 63.9 Å². The fourth-order valence-electron chi connectivity index (χ4n) is 2.99. The van der Waals surface area contributed by atoms with Crippen molar-refractivity contribution in [1.82, 2.24) is 14.5 Å². The Morgan fingerprint density at radius 1 is 1.04 bits per heavy atom. The Bertz CT molecular complexity index is 1110. The van der Waals surface area contributed by atoms with Gasteiger partial charge in [0.2, 0.25) is 0 Å². The molecular formula is C19H15N3OS2. The number of hydrogen-bond donors (Lipinski definition) is 0. The molecule has 2 aromatic heterocycles. The van der Waals surface area contributed by atoms with Gasteiger partial charge in [-0.3, -0.25) is 9.36 Å². The van der Waals surface area contributed by atoms with Crippen molar-refractivity contribution in [2.75, 3.05) is 0 Å². The molecule has 2 aromatic carbocycles. The maximum absolute atomic E-state index is 12.9. The maximum atomic E-state index is 12.9. The minimum atomic E-state index is 0.0832. The van der Waals surface area contributed by atoms with Gasteiger partial charge in [-0.15, -0.1) is 11.3 Å². The van der Waals surface area contributed by atoms with Crippen molar-refractivity contribution in [1.29, 1.82) is 0 Å². The Hall–Kier alpha value is -2.18. The van der Waals surface area contributed by atoms with Crippen LogP contribution in [-0.2, 0) is 5.75 Å². The molecule has 0 atom stereocenters. The highest BCUT2D eigenvalue weighted by molar-refractivity contribution is 7.98. The molecule has 1 fully saturated rings. The lowest BCUT2D eigenvalue weighted by Gasteiger charge is -2.11. The molecule has 2 heterocycles. The molecule has 0 N–H and O–H groups in total. The lowest BCUT2D eigenvalue weighted by molar-refractivity contribution is 0.618. The summed E-state index contributed by atoms with van der Waals surface area (Å²) in [5.41, 5.74) is 1.89. The number of rotatable bonds is 4. The minimum absolute atomic E-state index is 0.0832. The average Bonchev–Trinajstić information content (AvgIpc) is 3.38. The first-order chi connectivity index (χ1) is 12.3. The minimum Gasteiger partial charge on any atom is -0.284 e. The second kappa shape index (κ2) is 5.97. The second-order valence-electron chi connectivity index (χ2n) is 6.18. The normalized spacial score (nSPS) is 14.4. The van der Waals surface area contributed by atoms with E-state index in [-0.39, 0.29) is 5.56 Å². The quantitative estimate of drug-likeness (QED) is 0.391. The van der Waals surface area contributed by atoms with E-state index in [0.717, 1.165) is 39.8 Å². The first-order valence-corrected chi connectivity index (χ1v) is 10.1. The fraction of sp³-hybridized carbons (Fsp3) is 0.211. The van der Waals surface area contributed by atoms with Crippen LogP contribution in [0.25, 0.3) is 21.1 Å². The fourth-order valence-corrected chi connectivity index (χ4v) is 5.02. The SMILES string of the molecule is O=c1c2ccccc2nc(SCc2nc3ccccc3s2)n1C1CC1. The molecule has 0 bridgehead atoms. The number of fused-ring (bicyclic) bond motifs is 2. The summed E-state index contributed by atoms with van der Waals surface area (Å²) in [4.78, 5) is 22.3. The van der Waals surface area contributed by atoms with Crippen molar-refractivity contribution in [3.63, 3.8) is 0 Å². The van der Waals surface area contributed by atoms with E-state index < -0.39 is 0 Å². The summed E-state index contributed by atoms with van der Waals surface area (Å²) < 4.78 is 3.09. The third-order valence-electron chi connectivity index (χ3n) is 4.35. The van der Waals surface area contributed by atoms with E-state index in [9.17, 15) is 4.79 Å². The zero-order valence-corrected chi connectivity index (χ0v) is 15.0. The molecule has 0 saturated heterocycles. The molecule has 0 aliphatic heterocycles. The van der Waals surface area contributed by atoms with Crippen LogP contribution >= 0.6 is 23.1 Å². The Kier molecular flexibility index (Phi) is 3.60. The highest BCUT2D eigenvalue weighted by atomic mass is 32.2. The predicted molar refractivity (Wildman–Crippen MR) is 103 cm³/mol. The van der Waals surface area contributed by atoms with E-state index >= 15 is 0 Å². The Balaban J connectivity index is 1.53. The summed E-state index contributed by atoms with van der Waals surface area (Å²) in [7, 11) is 0. The highest BCUT2D eigenvalue weighted by Gasteiger charge is 2.28. The number of thiazole rings is 1. The summed E-state index contributed by atoms with van der Waals surface area (Å²) in [6, 6.07) is 16.1. The van der Waals surface area contributed by atoms with Crippen LogP contribution in [-0.4, -0.2) is 14.5 Å². The van der Waals surface area contributed by atoms with Crippen LogP contribution in [0.2, 0.25) is 0 Å². The average molecular weight is 365 g/mol. The van der Waals surface area contributed by atoms with Crippen molar-refractivity contribution in [3.8, 4) is 0 Å². The van der Waals surface area contributed by atoms with Crippen LogP contribution in [0.5, 0.6) is 0 Å². The van der Waals surface area contributed by atoms with E-state index in [1.54, 1.807) is 23.1 Å². The number of hydrogen-bond acceptors (Lipinski definition) is 5. The van der Waals surface area contributed by atoms with E-state index in [2.05, 4.69) is 11.1 Å². The number of benzene rings is 2. The van der Waals surface area contributed by atoms with Gasteiger partial charge < -0.3 is 0 Å². The van der Waals surface area contributed by atoms with Crippen LogP contribution in [0.4, 0.5) is 0 Å². The van der Waals surface area contributed by atoms with Gasteiger partial charge in [0.25, 0.3) is 5.56 Å². The van der Waals surface area contributed by atoms with Gasteiger partial charge in [0.05, 0.1) is 26.9 Å². The van der Waals surface area contributed by atoms with E-state index in [0.29, 0.717) is 11.4 Å². The molecule has 1 aliphatic carbocycles. The molecule has 25 heavy (non-hydrogen) atoms. The lowest BCUT2D eigenvalue weighted by Crippen LogP contribution is -2.22. The Morgan fingerprint density at radius 2 is 1.80 bits per heavy atom. The van der Waals surface area contributed by atoms with Crippen LogP contribution in [0.1, 0.15) is 23.9 Å². The highest BCUT2D eigenvalue weighted by Crippen LogP contribution is 2.37.